The Labute approximate surface area is 115 Å². The van der Waals surface area contributed by atoms with Crippen LogP contribution < -0.4 is 0 Å². The van der Waals surface area contributed by atoms with Gasteiger partial charge in [0.15, 0.2) is 0 Å². The number of hydrogen-bond donors (Lipinski definition) is 0. The predicted octanol–water partition coefficient (Wildman–Crippen LogP) is 3.62. The Morgan fingerprint density at radius 2 is 2.11 bits per heavy atom. The molecular formula is C14H14BrNO2. The van der Waals surface area contributed by atoms with E-state index < -0.39 is 0 Å². The highest BCUT2D eigenvalue weighted by Crippen LogP contribution is 2.22. The Hall–Kier alpha value is -1.55. The normalized spacial score (nSPS) is 10.4. The van der Waals surface area contributed by atoms with Gasteiger partial charge in [0.05, 0.1) is 18.4 Å². The third-order valence-corrected chi connectivity index (χ3v) is 3.79. The molecule has 2 rings (SSSR count). The minimum Gasteiger partial charge on any atom is -0.467 e. The number of carbonyl (C=O) groups is 1. The van der Waals surface area contributed by atoms with Crippen LogP contribution >= 0.6 is 15.9 Å². The van der Waals surface area contributed by atoms with E-state index in [4.69, 9.17) is 4.42 Å². The van der Waals surface area contributed by atoms with Crippen molar-refractivity contribution in [3.63, 3.8) is 0 Å². The lowest BCUT2D eigenvalue weighted by molar-refractivity contribution is 0.0774. The molecule has 2 aromatic rings. The largest absolute Gasteiger partial charge is 0.467 e. The monoisotopic (exact) mass is 307 g/mol. The van der Waals surface area contributed by atoms with Gasteiger partial charge < -0.3 is 9.32 Å². The minimum absolute atomic E-state index is 0.0259. The van der Waals surface area contributed by atoms with Gasteiger partial charge in [-0.3, -0.25) is 4.79 Å². The fourth-order valence-corrected chi connectivity index (χ4v) is 2.16. The van der Waals surface area contributed by atoms with Crippen molar-refractivity contribution in [3.8, 4) is 0 Å². The molecule has 3 nitrogen and oxygen atoms in total. The van der Waals surface area contributed by atoms with Crippen LogP contribution in [0, 0.1) is 6.92 Å². The maximum atomic E-state index is 12.3. The molecule has 0 aliphatic heterocycles. The van der Waals surface area contributed by atoms with Crippen LogP contribution in [-0.2, 0) is 6.54 Å². The summed E-state index contributed by atoms with van der Waals surface area (Å²) in [6.07, 6.45) is 1.61. The first kappa shape index (κ1) is 12.9. The Kier molecular flexibility index (Phi) is 3.87. The van der Waals surface area contributed by atoms with E-state index in [2.05, 4.69) is 15.9 Å². The summed E-state index contributed by atoms with van der Waals surface area (Å²) >= 11 is 3.46. The molecule has 0 radical (unpaired) electrons. The number of furan rings is 1. The van der Waals surface area contributed by atoms with Gasteiger partial charge in [-0.05, 0) is 46.6 Å². The lowest BCUT2D eigenvalue weighted by atomic mass is 10.1. The van der Waals surface area contributed by atoms with Crippen LogP contribution in [0.2, 0.25) is 0 Å². The maximum Gasteiger partial charge on any atom is 0.255 e. The summed E-state index contributed by atoms with van der Waals surface area (Å²) < 4.78 is 6.09. The van der Waals surface area contributed by atoms with Crippen LogP contribution in [0.25, 0.3) is 0 Å². The van der Waals surface area contributed by atoms with E-state index >= 15 is 0 Å². The molecular weight excluding hydrogens is 294 g/mol. The van der Waals surface area contributed by atoms with Gasteiger partial charge >= 0.3 is 0 Å². The second-order valence-corrected chi connectivity index (χ2v) is 4.97. The van der Waals surface area contributed by atoms with Crippen LogP contribution in [0.5, 0.6) is 0 Å². The van der Waals surface area contributed by atoms with Crippen LogP contribution in [0.4, 0.5) is 0 Å². The third-order valence-electron chi connectivity index (χ3n) is 2.74. The fourth-order valence-electron chi connectivity index (χ4n) is 1.73. The molecule has 1 aromatic carbocycles. The van der Waals surface area contributed by atoms with Gasteiger partial charge in [0.1, 0.15) is 5.76 Å². The van der Waals surface area contributed by atoms with Crippen molar-refractivity contribution in [1.29, 1.82) is 0 Å². The molecule has 4 heteroatoms. The number of nitrogens with zero attached hydrogens (tertiary/aromatic N) is 1. The second-order valence-electron chi connectivity index (χ2n) is 4.18. The molecule has 0 aliphatic carbocycles. The number of hydrogen-bond acceptors (Lipinski definition) is 2. The molecule has 0 atom stereocenters. The Bertz CT molecular complexity index is 549. The van der Waals surface area contributed by atoms with E-state index in [0.717, 1.165) is 15.8 Å². The van der Waals surface area contributed by atoms with Crippen LogP contribution in [0.15, 0.2) is 45.5 Å². The van der Waals surface area contributed by atoms with Crippen LogP contribution in [0.3, 0.4) is 0 Å². The smallest absolute Gasteiger partial charge is 0.255 e. The lowest BCUT2D eigenvalue weighted by Crippen LogP contribution is -2.26. The number of carbonyl (C=O) groups excluding carboxylic acids is 1. The summed E-state index contributed by atoms with van der Waals surface area (Å²) in [5.41, 5.74) is 1.72. The zero-order valence-corrected chi connectivity index (χ0v) is 11.9. The van der Waals surface area contributed by atoms with E-state index in [-0.39, 0.29) is 5.91 Å². The molecule has 1 heterocycles. The van der Waals surface area contributed by atoms with E-state index in [0.29, 0.717) is 12.1 Å². The van der Waals surface area contributed by atoms with Crippen molar-refractivity contribution in [3.05, 3.63) is 58.0 Å². The summed E-state index contributed by atoms with van der Waals surface area (Å²) in [5.74, 6) is 0.747. The molecule has 0 bridgehead atoms. The van der Waals surface area contributed by atoms with Crippen molar-refractivity contribution in [2.75, 3.05) is 7.05 Å². The highest BCUT2D eigenvalue weighted by Gasteiger charge is 2.16. The summed E-state index contributed by atoms with van der Waals surface area (Å²) in [6, 6.07) is 9.34. The molecule has 94 valence electrons. The summed E-state index contributed by atoms with van der Waals surface area (Å²) in [4.78, 5) is 13.9. The highest BCUT2D eigenvalue weighted by atomic mass is 79.9. The molecule has 0 spiro atoms. The number of benzene rings is 1. The standard InChI is InChI=1S/C14H14BrNO2/c1-10-5-3-7-12(13(10)15)14(17)16(2)9-11-6-4-8-18-11/h3-8H,9H2,1-2H3. The first-order chi connectivity index (χ1) is 8.59. The molecule has 0 unspecified atom stereocenters. The van der Waals surface area contributed by atoms with Crippen molar-refractivity contribution in [2.24, 2.45) is 0 Å². The van der Waals surface area contributed by atoms with Gasteiger partial charge in [-0.15, -0.1) is 0 Å². The zero-order valence-electron chi connectivity index (χ0n) is 10.3. The molecule has 0 saturated heterocycles. The molecule has 1 amide bonds. The van der Waals surface area contributed by atoms with E-state index in [1.54, 1.807) is 18.2 Å². The van der Waals surface area contributed by atoms with E-state index in [1.807, 2.05) is 37.3 Å². The first-order valence-electron chi connectivity index (χ1n) is 5.62. The first-order valence-corrected chi connectivity index (χ1v) is 6.42. The van der Waals surface area contributed by atoms with Crippen molar-refractivity contribution < 1.29 is 9.21 Å². The Balaban J connectivity index is 2.18. The lowest BCUT2D eigenvalue weighted by Gasteiger charge is -2.17. The average molecular weight is 308 g/mol. The predicted molar refractivity (Wildman–Crippen MR) is 73.4 cm³/mol. The number of rotatable bonds is 3. The SMILES string of the molecule is Cc1cccc(C(=O)N(C)Cc2ccco2)c1Br. The van der Waals surface area contributed by atoms with Gasteiger partial charge in [0.25, 0.3) is 5.91 Å². The van der Waals surface area contributed by atoms with Gasteiger partial charge in [0.2, 0.25) is 0 Å². The molecule has 0 fully saturated rings. The van der Waals surface area contributed by atoms with Crippen LogP contribution in [0.1, 0.15) is 21.7 Å². The van der Waals surface area contributed by atoms with E-state index in [1.165, 1.54) is 0 Å². The van der Waals surface area contributed by atoms with Crippen molar-refractivity contribution >= 4 is 21.8 Å². The quantitative estimate of drug-likeness (QED) is 0.867. The number of amides is 1. The number of aryl methyl sites for hydroxylation is 1. The second kappa shape index (κ2) is 5.40. The summed E-state index contributed by atoms with van der Waals surface area (Å²) in [6.45, 7) is 2.43. The van der Waals surface area contributed by atoms with Crippen LogP contribution in [-0.4, -0.2) is 17.9 Å². The topological polar surface area (TPSA) is 33.5 Å². The van der Waals surface area contributed by atoms with Crippen molar-refractivity contribution in [1.82, 2.24) is 4.90 Å². The molecule has 0 saturated carbocycles. The minimum atomic E-state index is -0.0259. The third kappa shape index (κ3) is 2.64. The van der Waals surface area contributed by atoms with Gasteiger partial charge in [-0.1, -0.05) is 12.1 Å². The molecule has 0 aliphatic rings. The zero-order chi connectivity index (χ0) is 13.1. The van der Waals surface area contributed by atoms with Gasteiger partial charge in [-0.2, -0.15) is 0 Å². The summed E-state index contributed by atoms with van der Waals surface area (Å²) in [7, 11) is 1.76. The summed E-state index contributed by atoms with van der Waals surface area (Å²) in [5, 5.41) is 0. The van der Waals surface area contributed by atoms with Crippen molar-refractivity contribution in [2.45, 2.75) is 13.5 Å². The maximum absolute atomic E-state index is 12.3. The fraction of sp³-hybridized carbons (Fsp3) is 0.214. The Morgan fingerprint density at radius 1 is 1.33 bits per heavy atom. The Morgan fingerprint density at radius 3 is 2.78 bits per heavy atom. The highest BCUT2D eigenvalue weighted by molar-refractivity contribution is 9.10. The van der Waals surface area contributed by atoms with E-state index in [9.17, 15) is 4.79 Å². The number of halogens is 1. The average Bonchev–Trinajstić information content (AvgIpc) is 2.84. The molecule has 0 N–H and O–H groups in total. The molecule has 18 heavy (non-hydrogen) atoms. The van der Waals surface area contributed by atoms with Gasteiger partial charge in [-0.25, -0.2) is 0 Å². The molecule has 1 aromatic heterocycles. The van der Waals surface area contributed by atoms with Gasteiger partial charge in [0, 0.05) is 11.5 Å².